The second-order valence-electron chi connectivity index (χ2n) is 9.52. The van der Waals surface area contributed by atoms with Gasteiger partial charge in [0.05, 0.1) is 11.9 Å². The summed E-state index contributed by atoms with van der Waals surface area (Å²) in [7, 11) is -3.79. The number of amides is 2. The molecular weight excluding hydrogens is 498 g/mol. The van der Waals surface area contributed by atoms with Crippen molar-refractivity contribution in [2.75, 3.05) is 17.1 Å². The molecule has 0 bridgehead atoms. The van der Waals surface area contributed by atoms with Crippen LogP contribution in [0.3, 0.4) is 0 Å². The van der Waals surface area contributed by atoms with Crippen molar-refractivity contribution >= 4 is 39.1 Å². The Morgan fingerprint density at radius 2 is 1.75 bits per heavy atom. The highest BCUT2D eigenvalue weighted by molar-refractivity contribution is 7.92. The fraction of sp³-hybridized carbons (Fsp3) is 0.481. The van der Waals surface area contributed by atoms with Crippen molar-refractivity contribution in [3.63, 3.8) is 0 Å². The Bertz CT molecular complexity index is 1150. The van der Waals surface area contributed by atoms with Crippen LogP contribution in [0.15, 0.2) is 48.5 Å². The molecule has 1 unspecified atom stereocenters. The number of anilines is 1. The number of sulfonamides is 1. The molecule has 2 amide bonds. The van der Waals surface area contributed by atoms with E-state index in [2.05, 4.69) is 5.32 Å². The number of nitrogens with one attached hydrogen (secondary N) is 1. The van der Waals surface area contributed by atoms with Gasteiger partial charge < -0.3 is 10.2 Å². The van der Waals surface area contributed by atoms with Gasteiger partial charge in [-0.1, -0.05) is 73.7 Å². The maximum absolute atomic E-state index is 13.7. The number of carbonyl (C=O) groups excluding carboxylic acids is 2. The van der Waals surface area contributed by atoms with E-state index in [1.807, 2.05) is 38.1 Å². The highest BCUT2D eigenvalue weighted by Gasteiger charge is 2.32. The molecule has 2 aromatic carbocycles. The van der Waals surface area contributed by atoms with Gasteiger partial charge in [0.2, 0.25) is 21.8 Å². The molecule has 1 aliphatic rings. The summed E-state index contributed by atoms with van der Waals surface area (Å²) in [4.78, 5) is 28.6. The number of hydrogen-bond acceptors (Lipinski definition) is 4. The summed E-state index contributed by atoms with van der Waals surface area (Å²) in [6.45, 7) is 3.61. The highest BCUT2D eigenvalue weighted by atomic mass is 35.5. The van der Waals surface area contributed by atoms with Gasteiger partial charge in [0.1, 0.15) is 12.6 Å². The van der Waals surface area contributed by atoms with E-state index in [9.17, 15) is 18.0 Å². The Labute approximate surface area is 219 Å². The monoisotopic (exact) mass is 533 g/mol. The van der Waals surface area contributed by atoms with Gasteiger partial charge in [0.25, 0.3) is 0 Å². The largest absolute Gasteiger partial charge is 0.352 e. The number of benzene rings is 2. The summed E-state index contributed by atoms with van der Waals surface area (Å²) in [6.07, 6.45) is 6.67. The maximum Gasteiger partial charge on any atom is 0.244 e. The van der Waals surface area contributed by atoms with Crippen molar-refractivity contribution in [3.05, 3.63) is 64.7 Å². The number of rotatable bonds is 10. The molecule has 0 spiro atoms. The first-order chi connectivity index (χ1) is 17.1. The molecule has 36 heavy (non-hydrogen) atoms. The predicted molar refractivity (Wildman–Crippen MR) is 144 cm³/mol. The van der Waals surface area contributed by atoms with Gasteiger partial charge >= 0.3 is 0 Å². The van der Waals surface area contributed by atoms with E-state index in [1.54, 1.807) is 18.2 Å². The summed E-state index contributed by atoms with van der Waals surface area (Å²) >= 11 is 6.10. The molecule has 0 heterocycles. The van der Waals surface area contributed by atoms with Crippen molar-refractivity contribution in [2.24, 2.45) is 0 Å². The van der Waals surface area contributed by atoms with E-state index in [1.165, 1.54) is 17.4 Å². The van der Waals surface area contributed by atoms with Crippen LogP contribution in [0.1, 0.15) is 56.6 Å². The van der Waals surface area contributed by atoms with Crippen LogP contribution in [0.4, 0.5) is 5.69 Å². The minimum atomic E-state index is -3.79. The molecule has 0 radical (unpaired) electrons. The third-order valence-corrected chi connectivity index (χ3v) is 7.96. The number of carbonyl (C=O) groups is 2. The van der Waals surface area contributed by atoms with Crippen molar-refractivity contribution in [1.29, 1.82) is 0 Å². The number of hydrogen-bond donors (Lipinski definition) is 1. The van der Waals surface area contributed by atoms with Crippen LogP contribution >= 0.6 is 11.6 Å². The van der Waals surface area contributed by atoms with Crippen molar-refractivity contribution in [3.8, 4) is 0 Å². The third kappa shape index (κ3) is 7.71. The topological polar surface area (TPSA) is 86.8 Å². The molecule has 1 fully saturated rings. The first-order valence-corrected chi connectivity index (χ1v) is 14.7. The molecule has 0 saturated heterocycles. The predicted octanol–water partition coefficient (Wildman–Crippen LogP) is 4.67. The Kier molecular flexibility index (Phi) is 9.79. The van der Waals surface area contributed by atoms with Crippen molar-refractivity contribution in [2.45, 2.75) is 71.0 Å². The smallest absolute Gasteiger partial charge is 0.244 e. The number of halogens is 1. The Balaban J connectivity index is 1.90. The van der Waals surface area contributed by atoms with E-state index in [0.29, 0.717) is 17.1 Å². The lowest BCUT2D eigenvalue weighted by molar-refractivity contribution is -0.140. The number of nitrogens with zero attached hydrogens (tertiary/aromatic N) is 2. The quantitative estimate of drug-likeness (QED) is 0.481. The molecule has 0 aliphatic heterocycles. The molecule has 0 aromatic heterocycles. The summed E-state index contributed by atoms with van der Waals surface area (Å²) in [6, 6.07) is 13.5. The second kappa shape index (κ2) is 12.6. The highest BCUT2D eigenvalue weighted by Crippen LogP contribution is 2.23. The van der Waals surface area contributed by atoms with Crippen molar-refractivity contribution < 1.29 is 18.0 Å². The molecule has 7 nitrogen and oxygen atoms in total. The lowest BCUT2D eigenvalue weighted by Crippen LogP contribution is -2.53. The second-order valence-corrected chi connectivity index (χ2v) is 11.9. The Morgan fingerprint density at radius 1 is 1.08 bits per heavy atom. The molecule has 1 atom stereocenters. The fourth-order valence-corrected chi connectivity index (χ4v) is 5.62. The molecule has 1 saturated carbocycles. The van der Waals surface area contributed by atoms with Gasteiger partial charge in [-0.2, -0.15) is 0 Å². The van der Waals surface area contributed by atoms with E-state index < -0.39 is 28.5 Å². The SMILES string of the molecule is CCC(C(=O)NC1CCCCC1)N(Cc1ccc(C)cc1)C(=O)CN(c1cccc(Cl)c1)S(C)(=O)=O. The summed E-state index contributed by atoms with van der Waals surface area (Å²) in [5.41, 5.74) is 2.25. The zero-order chi connectivity index (χ0) is 26.3. The zero-order valence-electron chi connectivity index (χ0n) is 21.2. The van der Waals surface area contributed by atoms with Gasteiger partial charge in [-0.15, -0.1) is 0 Å². The normalized spacial score (nSPS) is 15.2. The van der Waals surface area contributed by atoms with Crippen LogP contribution in [0.25, 0.3) is 0 Å². The number of aryl methyl sites for hydroxylation is 1. The zero-order valence-corrected chi connectivity index (χ0v) is 22.8. The molecule has 9 heteroatoms. The average molecular weight is 534 g/mol. The van der Waals surface area contributed by atoms with Gasteiger partial charge in [-0.3, -0.25) is 13.9 Å². The van der Waals surface area contributed by atoms with E-state index >= 15 is 0 Å². The Hall–Kier alpha value is -2.58. The van der Waals surface area contributed by atoms with Gasteiger partial charge in [0.15, 0.2) is 0 Å². The Morgan fingerprint density at radius 3 is 2.33 bits per heavy atom. The average Bonchev–Trinajstić information content (AvgIpc) is 2.83. The van der Waals surface area contributed by atoms with Crippen LogP contribution in [0.5, 0.6) is 0 Å². The fourth-order valence-electron chi connectivity index (χ4n) is 4.60. The van der Waals surface area contributed by atoms with Gasteiger partial charge in [0, 0.05) is 17.6 Å². The lowest BCUT2D eigenvalue weighted by Gasteiger charge is -2.34. The molecule has 3 rings (SSSR count). The molecule has 1 N–H and O–H groups in total. The minimum absolute atomic E-state index is 0.107. The molecule has 196 valence electrons. The van der Waals surface area contributed by atoms with E-state index in [0.717, 1.165) is 47.4 Å². The van der Waals surface area contributed by atoms with Crippen LogP contribution < -0.4 is 9.62 Å². The summed E-state index contributed by atoms with van der Waals surface area (Å²) < 4.78 is 26.4. The summed E-state index contributed by atoms with van der Waals surface area (Å²) in [5.74, 6) is -0.648. The standard InChI is InChI=1S/C27H36ClN3O4S/c1-4-25(27(33)29-23-10-6-5-7-11-23)30(18-21-15-13-20(2)14-16-21)26(32)19-31(36(3,34)35)24-12-8-9-22(28)17-24/h8-9,12-17,23,25H,4-7,10-11,18-19H2,1-3H3,(H,29,33). The van der Waals surface area contributed by atoms with E-state index in [4.69, 9.17) is 11.6 Å². The van der Waals surface area contributed by atoms with Gasteiger partial charge in [-0.05, 0) is 49.9 Å². The van der Waals surface area contributed by atoms with Crippen LogP contribution in [-0.2, 0) is 26.2 Å². The van der Waals surface area contributed by atoms with Crippen LogP contribution in [0, 0.1) is 6.92 Å². The van der Waals surface area contributed by atoms with E-state index in [-0.39, 0.29) is 18.5 Å². The third-order valence-electron chi connectivity index (χ3n) is 6.59. The molecule has 2 aromatic rings. The van der Waals surface area contributed by atoms with Crippen LogP contribution in [0.2, 0.25) is 5.02 Å². The van der Waals surface area contributed by atoms with Crippen LogP contribution in [-0.4, -0.2) is 50.0 Å². The first kappa shape index (κ1) is 28.0. The minimum Gasteiger partial charge on any atom is -0.352 e. The van der Waals surface area contributed by atoms with Gasteiger partial charge in [-0.25, -0.2) is 8.42 Å². The first-order valence-electron chi connectivity index (χ1n) is 12.5. The molecular formula is C27H36ClN3O4S. The maximum atomic E-state index is 13.7. The molecule has 1 aliphatic carbocycles. The lowest BCUT2D eigenvalue weighted by atomic mass is 9.95. The summed E-state index contributed by atoms with van der Waals surface area (Å²) in [5, 5.41) is 3.50. The van der Waals surface area contributed by atoms with Crippen molar-refractivity contribution in [1.82, 2.24) is 10.2 Å².